The molecule has 1 atom stereocenters. The van der Waals surface area contributed by atoms with E-state index in [4.69, 9.17) is 32.8 Å². The molecule has 1 fully saturated rings. The van der Waals surface area contributed by atoms with Crippen molar-refractivity contribution in [2.75, 3.05) is 25.1 Å². The fourth-order valence-electron chi connectivity index (χ4n) is 5.04. The van der Waals surface area contributed by atoms with Crippen LogP contribution in [0.2, 0.25) is 10.0 Å². The van der Waals surface area contributed by atoms with E-state index in [1.54, 1.807) is 6.07 Å². The summed E-state index contributed by atoms with van der Waals surface area (Å²) in [4.78, 5) is 18.4. The van der Waals surface area contributed by atoms with Crippen molar-refractivity contribution in [3.05, 3.63) is 68.2 Å². The SMILES string of the molecule is CS(=O)(=O)CC(=O)N1CC2(C1)OCc1cc(C3=NOC(c4cc(Cl)c(Cl)c(C(F)(F)F)c4)(C(F)(F)F)C3)ccc12. The number of carbonyl (C=O) groups is 1. The number of rotatable bonds is 4. The number of amides is 1. The van der Waals surface area contributed by atoms with E-state index >= 15 is 0 Å². The second kappa shape index (κ2) is 9.23. The topological polar surface area (TPSA) is 85.3 Å². The van der Waals surface area contributed by atoms with Gasteiger partial charge in [-0.2, -0.15) is 26.3 Å². The lowest BCUT2D eigenvalue weighted by molar-refractivity contribution is -0.276. The Bertz CT molecular complexity index is 1550. The third-order valence-corrected chi connectivity index (χ3v) is 8.62. The summed E-state index contributed by atoms with van der Waals surface area (Å²) < 4.78 is 112. The lowest BCUT2D eigenvalue weighted by Gasteiger charge is -2.47. The summed E-state index contributed by atoms with van der Waals surface area (Å²) in [6.07, 6.45) is -10.3. The molecule has 3 heterocycles. The summed E-state index contributed by atoms with van der Waals surface area (Å²) in [5.41, 5.74) is -5.22. The summed E-state index contributed by atoms with van der Waals surface area (Å²) in [6, 6.07) is 5.55. The standard InChI is InChI=1S/C24H18Cl2F6N2O5S/c1-40(36,37)9-19(35)34-10-21(11-34)15-3-2-12(4-13(15)8-38-21)18-7-22(39-33-18,24(30,31)32)14-5-16(23(27,28)29)20(26)17(25)6-14/h2-6H,7-11H2,1H3. The van der Waals surface area contributed by atoms with Crippen molar-refractivity contribution in [3.63, 3.8) is 0 Å². The average Bonchev–Trinajstić information content (AvgIpc) is 3.40. The molecule has 0 radical (unpaired) electrons. The molecule has 40 heavy (non-hydrogen) atoms. The maximum absolute atomic E-state index is 14.4. The minimum absolute atomic E-state index is 0.0670. The van der Waals surface area contributed by atoms with E-state index in [1.165, 1.54) is 17.0 Å². The zero-order valence-corrected chi connectivity index (χ0v) is 22.6. The molecule has 2 aromatic carbocycles. The molecular weight excluding hydrogens is 613 g/mol. The van der Waals surface area contributed by atoms with Crippen molar-refractivity contribution in [3.8, 4) is 0 Å². The van der Waals surface area contributed by atoms with Gasteiger partial charge in [-0.3, -0.25) is 4.79 Å². The molecule has 1 saturated heterocycles. The highest BCUT2D eigenvalue weighted by Crippen LogP contribution is 2.52. The number of fused-ring (bicyclic) bond motifs is 2. The van der Waals surface area contributed by atoms with Crippen molar-refractivity contribution in [2.24, 2.45) is 5.16 Å². The van der Waals surface area contributed by atoms with Crippen LogP contribution >= 0.6 is 23.2 Å². The fraction of sp³-hybridized carbons (Fsp3) is 0.417. The second-order valence-corrected chi connectivity index (χ2v) is 12.8. The van der Waals surface area contributed by atoms with Gasteiger partial charge in [-0.1, -0.05) is 40.5 Å². The molecule has 7 nitrogen and oxygen atoms in total. The summed E-state index contributed by atoms with van der Waals surface area (Å²) >= 11 is 11.4. The number of carbonyl (C=O) groups excluding carboxylic acids is 1. The quantitative estimate of drug-likeness (QED) is 0.433. The van der Waals surface area contributed by atoms with Crippen molar-refractivity contribution in [1.82, 2.24) is 4.90 Å². The van der Waals surface area contributed by atoms with Crippen molar-refractivity contribution < 1.29 is 49.1 Å². The number of alkyl halides is 6. The minimum Gasteiger partial charge on any atom is -0.374 e. The summed E-state index contributed by atoms with van der Waals surface area (Å²) in [6.45, 7) is 0.277. The molecule has 0 aliphatic carbocycles. The van der Waals surface area contributed by atoms with E-state index in [0.717, 1.165) is 6.26 Å². The largest absolute Gasteiger partial charge is 0.435 e. The Hall–Kier alpha value is -2.55. The average molecular weight is 631 g/mol. The van der Waals surface area contributed by atoms with Gasteiger partial charge in [-0.25, -0.2) is 8.42 Å². The van der Waals surface area contributed by atoms with E-state index in [-0.39, 0.29) is 37.0 Å². The number of sulfone groups is 1. The molecule has 0 bridgehead atoms. The van der Waals surface area contributed by atoms with Gasteiger partial charge in [0.15, 0.2) is 9.84 Å². The molecule has 0 saturated carbocycles. The van der Waals surface area contributed by atoms with Gasteiger partial charge in [0.2, 0.25) is 5.91 Å². The van der Waals surface area contributed by atoms with Gasteiger partial charge in [0.05, 0.1) is 41.0 Å². The molecule has 2 aromatic rings. The van der Waals surface area contributed by atoms with Crippen LogP contribution in [0.4, 0.5) is 26.3 Å². The molecule has 5 rings (SSSR count). The van der Waals surface area contributed by atoms with Crippen molar-refractivity contribution in [1.29, 1.82) is 0 Å². The number of oxime groups is 1. The lowest BCUT2D eigenvalue weighted by Crippen LogP contribution is -2.62. The highest BCUT2D eigenvalue weighted by molar-refractivity contribution is 7.91. The number of nitrogens with zero attached hydrogens (tertiary/aromatic N) is 2. The molecule has 16 heteroatoms. The highest BCUT2D eigenvalue weighted by Gasteiger charge is 2.63. The number of ether oxygens (including phenoxy) is 1. The fourth-order valence-corrected chi connectivity index (χ4v) is 6.11. The van der Waals surface area contributed by atoms with Crippen LogP contribution in [-0.4, -0.2) is 56.2 Å². The second-order valence-electron chi connectivity index (χ2n) is 9.92. The van der Waals surface area contributed by atoms with Crippen LogP contribution in [0.1, 0.15) is 34.2 Å². The van der Waals surface area contributed by atoms with E-state index in [9.17, 15) is 39.6 Å². The molecule has 3 aliphatic rings. The van der Waals surface area contributed by atoms with Gasteiger partial charge < -0.3 is 14.5 Å². The summed E-state index contributed by atoms with van der Waals surface area (Å²) in [5, 5.41) is 1.94. The van der Waals surface area contributed by atoms with Crippen LogP contribution < -0.4 is 0 Å². The van der Waals surface area contributed by atoms with Crippen LogP contribution in [-0.2, 0) is 48.2 Å². The summed E-state index contributed by atoms with van der Waals surface area (Å²) in [5.74, 6) is -1.21. The zero-order valence-electron chi connectivity index (χ0n) is 20.3. The van der Waals surface area contributed by atoms with Gasteiger partial charge in [-0.15, -0.1) is 0 Å². The Morgan fingerprint density at radius 3 is 2.38 bits per heavy atom. The Kier molecular flexibility index (Phi) is 6.68. The van der Waals surface area contributed by atoms with Gasteiger partial charge >= 0.3 is 12.4 Å². The van der Waals surface area contributed by atoms with Crippen LogP contribution in [0, 0.1) is 0 Å². The molecule has 1 spiro atoms. The molecule has 216 valence electrons. The first-order valence-corrected chi connectivity index (χ1v) is 14.3. The van der Waals surface area contributed by atoms with E-state index < -0.39 is 72.6 Å². The normalized spacial score (nSPS) is 22.1. The zero-order chi connectivity index (χ0) is 29.5. The number of benzene rings is 2. The Morgan fingerprint density at radius 1 is 1.10 bits per heavy atom. The Labute approximate surface area is 233 Å². The first-order chi connectivity index (χ1) is 18.4. The third kappa shape index (κ3) is 4.82. The third-order valence-electron chi connectivity index (χ3n) is 7.05. The van der Waals surface area contributed by atoms with E-state index in [1.807, 2.05) is 0 Å². The molecular formula is C24H18Cl2F6N2O5S. The van der Waals surface area contributed by atoms with Crippen molar-refractivity contribution in [2.45, 2.75) is 36.6 Å². The molecule has 0 N–H and O–H groups in total. The first kappa shape index (κ1) is 29.0. The highest BCUT2D eigenvalue weighted by atomic mass is 35.5. The van der Waals surface area contributed by atoms with Gasteiger partial charge in [0, 0.05) is 18.2 Å². The maximum atomic E-state index is 14.4. The number of likely N-dealkylation sites (tertiary alicyclic amines) is 1. The molecule has 1 amide bonds. The van der Waals surface area contributed by atoms with Crippen molar-refractivity contribution >= 4 is 44.7 Å². The number of halogens is 8. The molecule has 1 unspecified atom stereocenters. The number of hydrogen-bond donors (Lipinski definition) is 0. The smallest absolute Gasteiger partial charge is 0.374 e. The van der Waals surface area contributed by atoms with Crippen LogP contribution in [0.15, 0.2) is 35.5 Å². The Balaban J connectivity index is 1.41. The predicted molar refractivity (Wildman–Crippen MR) is 131 cm³/mol. The van der Waals surface area contributed by atoms with Gasteiger partial charge in [0.25, 0.3) is 5.60 Å². The van der Waals surface area contributed by atoms with E-state index in [0.29, 0.717) is 17.2 Å². The summed E-state index contributed by atoms with van der Waals surface area (Å²) in [7, 11) is -3.52. The van der Waals surface area contributed by atoms with Crippen LogP contribution in [0.5, 0.6) is 0 Å². The monoisotopic (exact) mass is 630 g/mol. The predicted octanol–water partition coefficient (Wildman–Crippen LogP) is 5.21. The van der Waals surface area contributed by atoms with Gasteiger partial charge in [0.1, 0.15) is 11.4 Å². The van der Waals surface area contributed by atoms with Crippen LogP contribution in [0.25, 0.3) is 0 Å². The molecule has 0 aromatic heterocycles. The maximum Gasteiger partial charge on any atom is 0.435 e. The van der Waals surface area contributed by atoms with Crippen LogP contribution in [0.3, 0.4) is 0 Å². The first-order valence-electron chi connectivity index (χ1n) is 11.5. The Morgan fingerprint density at radius 2 is 1.77 bits per heavy atom. The lowest BCUT2D eigenvalue weighted by atomic mass is 9.83. The van der Waals surface area contributed by atoms with Gasteiger partial charge in [-0.05, 0) is 34.9 Å². The molecule has 3 aliphatic heterocycles. The number of hydrogen-bond acceptors (Lipinski definition) is 6. The van der Waals surface area contributed by atoms with E-state index in [2.05, 4.69) is 5.16 Å². The minimum atomic E-state index is -5.18.